The molecule has 1 aromatic rings. The van der Waals surface area contributed by atoms with Crippen molar-refractivity contribution in [1.82, 2.24) is 4.98 Å². The highest BCUT2D eigenvalue weighted by atomic mass is 14.7. The van der Waals surface area contributed by atoms with Crippen LogP contribution in [0.2, 0.25) is 0 Å². The SMILES string of the molecule is C=C(/C=C\C(C)C)c1cccnc1C. The summed E-state index contributed by atoms with van der Waals surface area (Å²) in [6, 6.07) is 3.99. The van der Waals surface area contributed by atoms with Gasteiger partial charge in [0.15, 0.2) is 0 Å². The summed E-state index contributed by atoms with van der Waals surface area (Å²) in [6.45, 7) is 10.3. The second kappa shape index (κ2) is 4.75. The second-order valence-corrected chi connectivity index (χ2v) is 3.76. The third-order valence-corrected chi connectivity index (χ3v) is 2.04. The highest BCUT2D eigenvalue weighted by Gasteiger charge is 1.99. The van der Waals surface area contributed by atoms with E-state index in [4.69, 9.17) is 0 Å². The molecule has 14 heavy (non-hydrogen) atoms. The highest BCUT2D eigenvalue weighted by Crippen LogP contribution is 2.16. The van der Waals surface area contributed by atoms with Crippen LogP contribution in [-0.4, -0.2) is 4.98 Å². The lowest BCUT2D eigenvalue weighted by atomic mass is 10.0. The highest BCUT2D eigenvalue weighted by molar-refractivity contribution is 5.73. The Morgan fingerprint density at radius 2 is 2.21 bits per heavy atom. The number of aryl methyl sites for hydroxylation is 1. The molecule has 0 N–H and O–H groups in total. The van der Waals surface area contributed by atoms with E-state index in [1.807, 2.05) is 13.0 Å². The third-order valence-electron chi connectivity index (χ3n) is 2.04. The van der Waals surface area contributed by atoms with Crippen LogP contribution in [-0.2, 0) is 0 Å². The zero-order valence-electron chi connectivity index (χ0n) is 9.12. The summed E-state index contributed by atoms with van der Waals surface area (Å²) in [6.07, 6.45) is 6.02. The lowest BCUT2D eigenvalue weighted by Gasteiger charge is -2.04. The molecule has 1 aromatic heterocycles. The minimum atomic E-state index is 0.559. The molecule has 0 saturated carbocycles. The van der Waals surface area contributed by atoms with E-state index >= 15 is 0 Å². The van der Waals surface area contributed by atoms with Gasteiger partial charge in [0, 0.05) is 17.5 Å². The van der Waals surface area contributed by atoms with Crippen molar-refractivity contribution in [2.24, 2.45) is 5.92 Å². The zero-order valence-corrected chi connectivity index (χ0v) is 9.12. The summed E-state index contributed by atoms with van der Waals surface area (Å²) in [5.41, 5.74) is 3.19. The van der Waals surface area contributed by atoms with Crippen LogP contribution in [0.1, 0.15) is 25.1 Å². The van der Waals surface area contributed by atoms with Crippen molar-refractivity contribution in [3.63, 3.8) is 0 Å². The minimum Gasteiger partial charge on any atom is -0.261 e. The minimum absolute atomic E-state index is 0.559. The predicted molar refractivity (Wildman–Crippen MR) is 62.0 cm³/mol. The maximum absolute atomic E-state index is 4.23. The molecule has 1 rings (SSSR count). The first kappa shape index (κ1) is 10.7. The second-order valence-electron chi connectivity index (χ2n) is 3.76. The van der Waals surface area contributed by atoms with Crippen molar-refractivity contribution < 1.29 is 0 Å². The van der Waals surface area contributed by atoms with Crippen LogP contribution in [0.3, 0.4) is 0 Å². The van der Waals surface area contributed by atoms with Crippen LogP contribution in [0.4, 0.5) is 0 Å². The first-order chi connectivity index (χ1) is 6.61. The average Bonchev–Trinajstić information content (AvgIpc) is 2.15. The molecule has 0 bridgehead atoms. The summed E-state index contributed by atoms with van der Waals surface area (Å²) < 4.78 is 0. The molecule has 0 aliphatic heterocycles. The van der Waals surface area contributed by atoms with E-state index in [0.717, 1.165) is 16.8 Å². The maximum atomic E-state index is 4.23. The monoisotopic (exact) mass is 187 g/mol. The Kier molecular flexibility index (Phi) is 3.63. The van der Waals surface area contributed by atoms with Crippen molar-refractivity contribution in [3.8, 4) is 0 Å². The fraction of sp³-hybridized carbons (Fsp3) is 0.308. The molecule has 1 heterocycles. The number of aromatic nitrogens is 1. The molecule has 0 aromatic carbocycles. The van der Waals surface area contributed by atoms with Crippen molar-refractivity contribution in [3.05, 3.63) is 48.3 Å². The Morgan fingerprint density at radius 3 is 2.79 bits per heavy atom. The van der Waals surface area contributed by atoms with E-state index in [1.54, 1.807) is 6.20 Å². The van der Waals surface area contributed by atoms with Gasteiger partial charge in [0.1, 0.15) is 0 Å². The summed E-state index contributed by atoms with van der Waals surface area (Å²) >= 11 is 0. The molecule has 0 unspecified atom stereocenters. The standard InChI is InChI=1S/C13H17N/c1-10(2)7-8-11(3)13-6-5-9-14-12(13)4/h5-10H,3H2,1-2,4H3/b8-7-. The van der Waals surface area contributed by atoms with Crippen LogP contribution in [0.25, 0.3) is 5.57 Å². The quantitative estimate of drug-likeness (QED) is 0.659. The van der Waals surface area contributed by atoms with Crippen LogP contribution < -0.4 is 0 Å². The molecule has 0 radical (unpaired) electrons. The molecular weight excluding hydrogens is 170 g/mol. The largest absolute Gasteiger partial charge is 0.261 e. The molecule has 1 nitrogen and oxygen atoms in total. The maximum Gasteiger partial charge on any atom is 0.0450 e. The van der Waals surface area contributed by atoms with Gasteiger partial charge in [-0.3, -0.25) is 4.98 Å². The fourth-order valence-corrected chi connectivity index (χ4v) is 1.22. The first-order valence-electron chi connectivity index (χ1n) is 4.90. The molecule has 0 atom stereocenters. The number of hydrogen-bond acceptors (Lipinski definition) is 1. The summed E-state index contributed by atoms with van der Waals surface area (Å²) in [5.74, 6) is 0.559. The van der Waals surface area contributed by atoms with E-state index in [1.165, 1.54) is 0 Å². The van der Waals surface area contributed by atoms with E-state index in [9.17, 15) is 0 Å². The predicted octanol–water partition coefficient (Wildman–Crippen LogP) is 3.62. The molecule has 0 aliphatic carbocycles. The molecular formula is C13H17N. The van der Waals surface area contributed by atoms with E-state index in [2.05, 4.69) is 43.6 Å². The van der Waals surface area contributed by atoms with Crippen molar-refractivity contribution in [2.75, 3.05) is 0 Å². The van der Waals surface area contributed by atoms with Gasteiger partial charge in [-0.05, 0) is 24.5 Å². The van der Waals surface area contributed by atoms with Gasteiger partial charge in [0.05, 0.1) is 0 Å². The third kappa shape index (κ3) is 2.84. The van der Waals surface area contributed by atoms with Gasteiger partial charge in [0.2, 0.25) is 0 Å². The number of allylic oxidation sites excluding steroid dienone is 3. The topological polar surface area (TPSA) is 12.9 Å². The van der Waals surface area contributed by atoms with Crippen molar-refractivity contribution in [1.29, 1.82) is 0 Å². The smallest absolute Gasteiger partial charge is 0.0450 e. The van der Waals surface area contributed by atoms with Crippen LogP contribution >= 0.6 is 0 Å². The van der Waals surface area contributed by atoms with Crippen molar-refractivity contribution in [2.45, 2.75) is 20.8 Å². The van der Waals surface area contributed by atoms with Gasteiger partial charge in [-0.1, -0.05) is 38.6 Å². The summed E-state index contributed by atoms with van der Waals surface area (Å²) in [5, 5.41) is 0. The lowest BCUT2D eigenvalue weighted by Crippen LogP contribution is -1.88. The molecule has 0 spiro atoms. The Labute approximate surface area is 86.2 Å². The van der Waals surface area contributed by atoms with Gasteiger partial charge < -0.3 is 0 Å². The van der Waals surface area contributed by atoms with Crippen molar-refractivity contribution >= 4 is 5.57 Å². The summed E-state index contributed by atoms with van der Waals surface area (Å²) in [4.78, 5) is 4.23. The average molecular weight is 187 g/mol. The van der Waals surface area contributed by atoms with E-state index in [-0.39, 0.29) is 0 Å². The van der Waals surface area contributed by atoms with Gasteiger partial charge >= 0.3 is 0 Å². The Morgan fingerprint density at radius 1 is 1.50 bits per heavy atom. The first-order valence-corrected chi connectivity index (χ1v) is 4.90. The van der Waals surface area contributed by atoms with Gasteiger partial charge in [-0.15, -0.1) is 0 Å². The number of rotatable bonds is 3. The molecule has 0 fully saturated rings. The van der Waals surface area contributed by atoms with Crippen LogP contribution in [0, 0.1) is 12.8 Å². The fourth-order valence-electron chi connectivity index (χ4n) is 1.22. The number of hydrogen-bond donors (Lipinski definition) is 0. The molecule has 0 saturated heterocycles. The Bertz CT molecular complexity index is 348. The normalized spacial score (nSPS) is 11.1. The van der Waals surface area contributed by atoms with E-state index < -0.39 is 0 Å². The van der Waals surface area contributed by atoms with Gasteiger partial charge in [-0.2, -0.15) is 0 Å². The molecule has 74 valence electrons. The van der Waals surface area contributed by atoms with Crippen LogP contribution in [0.5, 0.6) is 0 Å². The van der Waals surface area contributed by atoms with Crippen LogP contribution in [0.15, 0.2) is 37.1 Å². The number of pyridine rings is 1. The number of nitrogens with zero attached hydrogens (tertiary/aromatic N) is 1. The zero-order chi connectivity index (χ0) is 10.6. The Hall–Kier alpha value is -1.37. The van der Waals surface area contributed by atoms with E-state index in [0.29, 0.717) is 5.92 Å². The van der Waals surface area contributed by atoms with Gasteiger partial charge in [-0.25, -0.2) is 0 Å². The Balaban J connectivity index is 2.85. The van der Waals surface area contributed by atoms with Gasteiger partial charge in [0.25, 0.3) is 0 Å². The molecule has 1 heteroatoms. The lowest BCUT2D eigenvalue weighted by molar-refractivity contribution is 0.832. The molecule has 0 aliphatic rings. The molecule has 0 amide bonds. The summed E-state index contributed by atoms with van der Waals surface area (Å²) in [7, 11) is 0.